The first-order valence-corrected chi connectivity index (χ1v) is 19.8. The van der Waals surface area contributed by atoms with E-state index in [4.69, 9.17) is 14.1 Å². The molecule has 0 aliphatic heterocycles. The van der Waals surface area contributed by atoms with E-state index in [1.54, 1.807) is 6.07 Å². The lowest BCUT2D eigenvalue weighted by Crippen LogP contribution is -2.11. The number of hydrogen-bond acceptors (Lipinski definition) is 3. The molecule has 0 amide bonds. The third-order valence-corrected chi connectivity index (χ3v) is 11.0. The van der Waals surface area contributed by atoms with Crippen molar-refractivity contribution in [2.75, 3.05) is 0 Å². The molecule has 0 aliphatic rings. The number of nitrogens with zero attached hydrogens (tertiary/aromatic N) is 3. The highest BCUT2D eigenvalue weighted by atomic mass is 16.3. The number of aromatic nitrogens is 3. The van der Waals surface area contributed by atoms with Gasteiger partial charge in [-0.15, -0.1) is 0 Å². The summed E-state index contributed by atoms with van der Waals surface area (Å²) < 4.78 is 28.5. The van der Waals surface area contributed by atoms with E-state index < -0.39 is 6.85 Å². The zero-order valence-electron chi connectivity index (χ0n) is 36.8. The predicted octanol–water partition coefficient (Wildman–Crippen LogP) is 14.3. The van der Waals surface area contributed by atoms with Gasteiger partial charge in [-0.2, -0.15) is 0 Å². The van der Waals surface area contributed by atoms with E-state index in [0.29, 0.717) is 22.6 Å². The number of phenols is 1. The van der Waals surface area contributed by atoms with Crippen LogP contribution in [-0.2, 0) is 5.41 Å². The van der Waals surface area contributed by atoms with E-state index in [2.05, 4.69) is 97.0 Å². The normalized spacial score (nSPS) is 12.9. The summed E-state index contributed by atoms with van der Waals surface area (Å²) >= 11 is 0. The van der Waals surface area contributed by atoms with Gasteiger partial charge in [0.1, 0.15) is 11.6 Å². The van der Waals surface area contributed by atoms with Gasteiger partial charge >= 0.3 is 0 Å². The molecular formula is C53H51N3O. The van der Waals surface area contributed by atoms with Crippen LogP contribution < -0.4 is 0 Å². The van der Waals surface area contributed by atoms with Crippen LogP contribution in [0.3, 0.4) is 0 Å². The zero-order chi connectivity index (χ0) is 42.5. The van der Waals surface area contributed by atoms with Crippen LogP contribution in [0.5, 0.6) is 5.75 Å². The predicted molar refractivity (Wildman–Crippen MR) is 239 cm³/mol. The van der Waals surface area contributed by atoms with Crippen LogP contribution in [0.2, 0.25) is 0 Å². The lowest BCUT2D eigenvalue weighted by Gasteiger charge is -2.22. The molecule has 0 atom stereocenters. The van der Waals surface area contributed by atoms with Crippen molar-refractivity contribution in [3.63, 3.8) is 0 Å². The van der Waals surface area contributed by atoms with Gasteiger partial charge in [-0.1, -0.05) is 139 Å². The van der Waals surface area contributed by atoms with Gasteiger partial charge < -0.3 is 5.11 Å². The molecule has 2 heterocycles. The van der Waals surface area contributed by atoms with Crippen molar-refractivity contribution < 1.29 is 9.22 Å². The highest BCUT2D eigenvalue weighted by molar-refractivity contribution is 5.97. The maximum atomic E-state index is 12.1. The Balaban J connectivity index is 1.43. The van der Waals surface area contributed by atoms with Crippen LogP contribution >= 0.6 is 0 Å². The van der Waals surface area contributed by atoms with Gasteiger partial charge in [0, 0.05) is 21.4 Å². The smallest absolute Gasteiger partial charge is 0.149 e. The lowest BCUT2D eigenvalue weighted by molar-refractivity contribution is 0.466. The van der Waals surface area contributed by atoms with Crippen molar-refractivity contribution in [2.24, 2.45) is 0 Å². The number of phenolic OH excluding ortho intramolecular Hbond substituents is 1. The largest absolute Gasteiger partial charge is 0.507 e. The van der Waals surface area contributed by atoms with E-state index in [0.717, 1.165) is 66.8 Å². The molecule has 0 radical (unpaired) electrons. The summed E-state index contributed by atoms with van der Waals surface area (Å²) in [5, 5.41) is 12.1. The first-order chi connectivity index (χ1) is 28.6. The van der Waals surface area contributed by atoms with Crippen molar-refractivity contribution in [1.29, 1.82) is 0 Å². The van der Waals surface area contributed by atoms with E-state index in [-0.39, 0.29) is 28.6 Å². The molecule has 0 saturated carbocycles. The number of para-hydroxylation sites is 1. The summed E-state index contributed by atoms with van der Waals surface area (Å²) in [6.45, 7) is 12.6. The molecular weight excluding hydrogens is 695 g/mol. The summed E-state index contributed by atoms with van der Waals surface area (Å²) in [7, 11) is 0. The Labute approximate surface area is 341 Å². The third kappa shape index (κ3) is 7.29. The minimum Gasteiger partial charge on any atom is -0.507 e. The van der Waals surface area contributed by atoms with Gasteiger partial charge in [0.25, 0.3) is 0 Å². The van der Waals surface area contributed by atoms with Crippen molar-refractivity contribution in [3.8, 4) is 67.5 Å². The SMILES string of the molecule is [2H]C([2H])([2H])c1cc(-c2ccccc2)ccc1-n1c(-c2cc(C(C)C)cc(C(C)C)c2O)nc2c(-c3cc(-c4cc(-c5ccccc5)ccn4)cc(C(C)(C)C)c3)cccc21. The third-order valence-electron chi connectivity index (χ3n) is 11.0. The van der Waals surface area contributed by atoms with Gasteiger partial charge in [-0.05, 0) is 123 Å². The second-order valence-electron chi connectivity index (χ2n) is 16.7. The minimum absolute atomic E-state index is 0.0338. The molecule has 8 rings (SSSR count). The Hall–Kier alpha value is -6.26. The fraction of sp³-hybridized carbons (Fsp3) is 0.208. The van der Waals surface area contributed by atoms with Crippen molar-refractivity contribution in [1.82, 2.24) is 14.5 Å². The molecule has 284 valence electrons. The highest BCUT2D eigenvalue weighted by Crippen LogP contribution is 2.44. The van der Waals surface area contributed by atoms with Crippen molar-refractivity contribution >= 4 is 11.0 Å². The summed E-state index contributed by atoms with van der Waals surface area (Å²) in [4.78, 5) is 10.3. The number of imidazole rings is 1. The quantitative estimate of drug-likeness (QED) is 0.168. The second kappa shape index (κ2) is 15.0. The Morgan fingerprint density at radius 3 is 1.95 bits per heavy atom. The van der Waals surface area contributed by atoms with Crippen molar-refractivity contribution in [2.45, 2.75) is 72.6 Å². The molecule has 4 nitrogen and oxygen atoms in total. The molecule has 0 spiro atoms. The van der Waals surface area contributed by atoms with E-state index >= 15 is 0 Å². The molecule has 0 fully saturated rings. The standard InChI is InChI=1S/C53H51N3O/c1-33(2)40-30-45(34(3)4)51(57)46(31-40)52-55-50-44(20-15-21-49(50)56(52)48-23-22-38(26-35(48)5)36-16-11-9-12-17-36)41-27-42(29-43(28-41)53(6,7)8)47-32-39(24-25-54-47)37-18-13-10-14-19-37/h9-34,57H,1-8H3/i5D3. The molecule has 4 heteroatoms. The van der Waals surface area contributed by atoms with Gasteiger partial charge in [-0.25, -0.2) is 4.98 Å². The Kier molecular flexibility index (Phi) is 8.96. The summed E-state index contributed by atoms with van der Waals surface area (Å²) in [5.74, 6) is 0.823. The monoisotopic (exact) mass is 748 g/mol. The number of aromatic hydroxyl groups is 1. The Morgan fingerprint density at radius 1 is 0.614 bits per heavy atom. The van der Waals surface area contributed by atoms with Gasteiger partial charge in [-0.3, -0.25) is 9.55 Å². The molecule has 0 unspecified atom stereocenters. The highest BCUT2D eigenvalue weighted by Gasteiger charge is 2.25. The van der Waals surface area contributed by atoms with Crippen LogP contribution in [0.25, 0.3) is 72.7 Å². The molecule has 8 aromatic rings. The molecule has 6 aromatic carbocycles. The summed E-state index contributed by atoms with van der Waals surface area (Å²) in [5.41, 5.74) is 13.1. The van der Waals surface area contributed by atoms with Crippen molar-refractivity contribution in [3.05, 3.63) is 168 Å². The number of fused-ring (bicyclic) bond motifs is 1. The maximum absolute atomic E-state index is 12.1. The molecule has 0 bridgehead atoms. The molecule has 2 aromatic heterocycles. The maximum Gasteiger partial charge on any atom is 0.149 e. The first kappa shape index (κ1) is 34.0. The fourth-order valence-corrected chi connectivity index (χ4v) is 7.68. The number of pyridine rings is 1. The molecule has 0 saturated heterocycles. The average Bonchev–Trinajstić information content (AvgIpc) is 3.62. The average molecular weight is 749 g/mol. The van der Waals surface area contributed by atoms with Gasteiger partial charge in [0.2, 0.25) is 0 Å². The number of hydrogen-bond donors (Lipinski definition) is 1. The zero-order valence-corrected chi connectivity index (χ0v) is 33.8. The van der Waals surface area contributed by atoms with Crippen LogP contribution in [0.15, 0.2) is 146 Å². The van der Waals surface area contributed by atoms with E-state index in [1.165, 1.54) is 0 Å². The van der Waals surface area contributed by atoms with Crippen LogP contribution in [-0.4, -0.2) is 19.6 Å². The van der Waals surface area contributed by atoms with E-state index in [1.807, 2.05) is 95.7 Å². The Morgan fingerprint density at radius 2 is 1.30 bits per heavy atom. The van der Waals surface area contributed by atoms with Gasteiger partial charge in [0.15, 0.2) is 0 Å². The Bertz CT molecular complexity index is 2850. The molecule has 1 N–H and O–H groups in total. The first-order valence-electron chi connectivity index (χ1n) is 21.3. The minimum atomic E-state index is -2.46. The van der Waals surface area contributed by atoms with Crippen LogP contribution in [0.1, 0.15) is 86.7 Å². The van der Waals surface area contributed by atoms with Gasteiger partial charge in [0.05, 0.1) is 28.0 Å². The number of aryl methyl sites for hydroxylation is 1. The number of rotatable bonds is 8. The van der Waals surface area contributed by atoms with E-state index in [9.17, 15) is 5.11 Å². The fourth-order valence-electron chi connectivity index (χ4n) is 7.68. The molecule has 57 heavy (non-hydrogen) atoms. The topological polar surface area (TPSA) is 50.9 Å². The number of benzene rings is 6. The summed E-state index contributed by atoms with van der Waals surface area (Å²) in [6, 6.07) is 46.8. The van der Waals surface area contributed by atoms with Crippen LogP contribution in [0.4, 0.5) is 0 Å². The van der Waals surface area contributed by atoms with Crippen LogP contribution in [0, 0.1) is 6.85 Å². The molecule has 0 aliphatic carbocycles. The summed E-state index contributed by atoms with van der Waals surface area (Å²) in [6.07, 6.45) is 1.87. The lowest BCUT2D eigenvalue weighted by atomic mass is 9.83. The second-order valence-corrected chi connectivity index (χ2v) is 16.7.